The molecule has 1 aliphatic rings. The fourth-order valence-corrected chi connectivity index (χ4v) is 3.37. The Kier molecular flexibility index (Phi) is 5.89. The van der Waals surface area contributed by atoms with Gasteiger partial charge in [-0.15, -0.1) is 0 Å². The summed E-state index contributed by atoms with van der Waals surface area (Å²) in [7, 11) is 5.29. The molecule has 0 N–H and O–H groups in total. The van der Waals surface area contributed by atoms with Gasteiger partial charge in [-0.1, -0.05) is 6.07 Å². The highest BCUT2D eigenvalue weighted by Gasteiger charge is 2.24. The fourth-order valence-electron chi connectivity index (χ4n) is 3.37. The molecular formula is C21H27N3O2. The van der Waals surface area contributed by atoms with Crippen molar-refractivity contribution in [1.82, 2.24) is 14.8 Å². The molecule has 1 saturated heterocycles. The molecule has 1 amide bonds. The molecule has 1 aromatic carbocycles. The molecule has 2 heterocycles. The number of hydrogen-bond donors (Lipinski definition) is 0. The van der Waals surface area contributed by atoms with Crippen molar-refractivity contribution in [2.45, 2.75) is 18.8 Å². The van der Waals surface area contributed by atoms with Crippen molar-refractivity contribution >= 4 is 5.91 Å². The molecule has 0 aliphatic carbocycles. The van der Waals surface area contributed by atoms with Crippen molar-refractivity contribution in [2.24, 2.45) is 0 Å². The molecule has 5 heteroatoms. The maximum absolute atomic E-state index is 12.0. The fraction of sp³-hybridized carbons (Fsp3) is 0.429. The van der Waals surface area contributed by atoms with Crippen LogP contribution in [0.4, 0.5) is 0 Å². The number of nitrogens with zero attached hydrogens (tertiary/aromatic N) is 3. The van der Waals surface area contributed by atoms with Gasteiger partial charge < -0.3 is 9.64 Å². The lowest BCUT2D eigenvalue weighted by molar-refractivity contribution is -0.130. The second-order valence-electron chi connectivity index (χ2n) is 7.04. The van der Waals surface area contributed by atoms with E-state index in [0.29, 0.717) is 12.5 Å². The van der Waals surface area contributed by atoms with Crippen molar-refractivity contribution in [3.05, 3.63) is 48.2 Å². The third-order valence-corrected chi connectivity index (χ3v) is 4.94. The van der Waals surface area contributed by atoms with Crippen LogP contribution in [0.1, 0.15) is 24.5 Å². The lowest BCUT2D eigenvalue weighted by Crippen LogP contribution is -2.41. The molecule has 3 rings (SSSR count). The highest BCUT2D eigenvalue weighted by Crippen LogP contribution is 2.28. The number of ether oxygens (including phenoxy) is 1. The number of likely N-dealkylation sites (tertiary alicyclic amines) is 1. The van der Waals surface area contributed by atoms with Gasteiger partial charge >= 0.3 is 0 Å². The van der Waals surface area contributed by atoms with Crippen molar-refractivity contribution in [3.63, 3.8) is 0 Å². The number of rotatable bonds is 5. The largest absolute Gasteiger partial charge is 0.497 e. The van der Waals surface area contributed by atoms with Crippen LogP contribution in [0.5, 0.6) is 5.75 Å². The zero-order valence-corrected chi connectivity index (χ0v) is 15.8. The van der Waals surface area contributed by atoms with Crippen LogP contribution in [-0.4, -0.2) is 61.5 Å². The lowest BCUT2D eigenvalue weighted by atomic mass is 9.94. The highest BCUT2D eigenvalue weighted by molar-refractivity contribution is 5.77. The Hall–Kier alpha value is -2.40. The van der Waals surface area contributed by atoms with E-state index in [1.54, 1.807) is 12.0 Å². The summed E-state index contributed by atoms with van der Waals surface area (Å²) in [5.41, 5.74) is 3.18. The van der Waals surface area contributed by atoms with Gasteiger partial charge in [0.25, 0.3) is 0 Å². The predicted octanol–water partition coefficient (Wildman–Crippen LogP) is 3.02. The van der Waals surface area contributed by atoms with E-state index in [4.69, 9.17) is 9.72 Å². The molecular weight excluding hydrogens is 326 g/mol. The van der Waals surface area contributed by atoms with E-state index < -0.39 is 0 Å². The van der Waals surface area contributed by atoms with Crippen LogP contribution in [0.25, 0.3) is 11.3 Å². The first-order valence-electron chi connectivity index (χ1n) is 9.10. The zero-order valence-electron chi connectivity index (χ0n) is 15.8. The molecule has 1 unspecified atom stereocenters. The van der Waals surface area contributed by atoms with Gasteiger partial charge in [0.2, 0.25) is 5.91 Å². The number of carbonyl (C=O) groups excluding carboxylic acids is 1. The number of carbonyl (C=O) groups is 1. The summed E-state index contributed by atoms with van der Waals surface area (Å²) >= 11 is 0. The molecule has 1 atom stereocenters. The SMILES string of the molecule is COc1ccc(-c2cccc(C3CCCN(CC(=O)N(C)C)C3)n2)cc1. The van der Waals surface area contributed by atoms with Gasteiger partial charge in [0.05, 0.1) is 19.3 Å². The topological polar surface area (TPSA) is 45.7 Å². The Labute approximate surface area is 155 Å². The molecule has 1 fully saturated rings. The van der Waals surface area contributed by atoms with Crippen molar-refractivity contribution in [3.8, 4) is 17.0 Å². The first-order chi connectivity index (χ1) is 12.6. The molecule has 0 saturated carbocycles. The maximum Gasteiger partial charge on any atom is 0.236 e. The Morgan fingerprint density at radius 1 is 1.23 bits per heavy atom. The summed E-state index contributed by atoms with van der Waals surface area (Å²) in [6.07, 6.45) is 2.21. The minimum absolute atomic E-state index is 0.158. The molecule has 0 radical (unpaired) electrons. The maximum atomic E-state index is 12.0. The Morgan fingerprint density at radius 3 is 2.69 bits per heavy atom. The summed E-state index contributed by atoms with van der Waals surface area (Å²) in [6.45, 7) is 2.36. The van der Waals surface area contributed by atoms with Crippen LogP contribution in [0.15, 0.2) is 42.5 Å². The monoisotopic (exact) mass is 353 g/mol. The van der Waals surface area contributed by atoms with Gasteiger partial charge in [0.15, 0.2) is 0 Å². The first-order valence-corrected chi connectivity index (χ1v) is 9.10. The average Bonchev–Trinajstić information content (AvgIpc) is 2.68. The number of pyridine rings is 1. The van der Waals surface area contributed by atoms with Crippen LogP contribution in [0.3, 0.4) is 0 Å². The molecule has 1 aliphatic heterocycles. The van der Waals surface area contributed by atoms with E-state index in [1.807, 2.05) is 44.4 Å². The third-order valence-electron chi connectivity index (χ3n) is 4.94. The quantitative estimate of drug-likeness (QED) is 0.829. The molecule has 0 bridgehead atoms. The zero-order chi connectivity index (χ0) is 18.5. The van der Waals surface area contributed by atoms with Gasteiger partial charge in [-0.2, -0.15) is 0 Å². The van der Waals surface area contributed by atoms with Crippen molar-refractivity contribution in [1.29, 1.82) is 0 Å². The van der Waals surface area contributed by atoms with E-state index in [9.17, 15) is 4.79 Å². The van der Waals surface area contributed by atoms with Crippen LogP contribution in [0.2, 0.25) is 0 Å². The number of aromatic nitrogens is 1. The number of amides is 1. The highest BCUT2D eigenvalue weighted by atomic mass is 16.5. The second kappa shape index (κ2) is 8.32. The van der Waals surface area contributed by atoms with E-state index >= 15 is 0 Å². The third kappa shape index (κ3) is 4.41. The number of hydrogen-bond acceptors (Lipinski definition) is 4. The standard InChI is InChI=1S/C21H27N3O2/c1-23(2)21(25)15-24-13-5-6-17(14-24)20-8-4-7-19(22-20)16-9-11-18(26-3)12-10-16/h4,7-12,17H,5-6,13-15H2,1-3H3. The molecule has 26 heavy (non-hydrogen) atoms. The number of methoxy groups -OCH3 is 1. The molecule has 138 valence electrons. The van der Waals surface area contributed by atoms with Crippen LogP contribution in [-0.2, 0) is 4.79 Å². The smallest absolute Gasteiger partial charge is 0.236 e. The second-order valence-corrected chi connectivity index (χ2v) is 7.04. The van der Waals surface area contributed by atoms with Gasteiger partial charge in [-0.05, 0) is 55.8 Å². The number of piperidine rings is 1. The van der Waals surface area contributed by atoms with E-state index in [-0.39, 0.29) is 5.91 Å². The summed E-state index contributed by atoms with van der Waals surface area (Å²) in [4.78, 5) is 20.8. The normalized spacial score (nSPS) is 17.7. The van der Waals surface area contributed by atoms with Crippen LogP contribution >= 0.6 is 0 Å². The predicted molar refractivity (Wildman–Crippen MR) is 103 cm³/mol. The van der Waals surface area contributed by atoms with Gasteiger partial charge in [-0.3, -0.25) is 14.7 Å². The van der Waals surface area contributed by atoms with Gasteiger partial charge in [0.1, 0.15) is 5.75 Å². The van der Waals surface area contributed by atoms with Gasteiger partial charge in [-0.25, -0.2) is 0 Å². The first kappa shape index (κ1) is 18.4. The number of likely N-dealkylation sites (N-methyl/N-ethyl adjacent to an activating group) is 1. The summed E-state index contributed by atoms with van der Waals surface area (Å²) in [6, 6.07) is 14.2. The van der Waals surface area contributed by atoms with E-state index in [1.165, 1.54) is 0 Å². The van der Waals surface area contributed by atoms with E-state index in [2.05, 4.69) is 17.0 Å². The molecule has 5 nitrogen and oxygen atoms in total. The molecule has 2 aromatic rings. The molecule has 1 aromatic heterocycles. The molecule has 0 spiro atoms. The van der Waals surface area contributed by atoms with Crippen molar-refractivity contribution in [2.75, 3.05) is 40.8 Å². The minimum atomic E-state index is 0.158. The lowest BCUT2D eigenvalue weighted by Gasteiger charge is -2.32. The average molecular weight is 353 g/mol. The van der Waals surface area contributed by atoms with E-state index in [0.717, 1.165) is 48.6 Å². The summed E-state index contributed by atoms with van der Waals surface area (Å²) in [5, 5.41) is 0. The number of benzene rings is 1. The van der Waals surface area contributed by atoms with Crippen LogP contribution < -0.4 is 4.74 Å². The van der Waals surface area contributed by atoms with Crippen molar-refractivity contribution < 1.29 is 9.53 Å². The Balaban J connectivity index is 1.73. The summed E-state index contributed by atoms with van der Waals surface area (Å²) in [5.74, 6) is 1.38. The van der Waals surface area contributed by atoms with Gasteiger partial charge in [0, 0.05) is 37.8 Å². The minimum Gasteiger partial charge on any atom is -0.497 e. The van der Waals surface area contributed by atoms with Crippen LogP contribution in [0, 0.1) is 0 Å². The Bertz CT molecular complexity index is 743. The summed E-state index contributed by atoms with van der Waals surface area (Å²) < 4.78 is 5.23. The Morgan fingerprint density at radius 2 is 2.00 bits per heavy atom.